The summed E-state index contributed by atoms with van der Waals surface area (Å²) in [5.74, 6) is 0.325. The lowest BCUT2D eigenvalue weighted by Crippen LogP contribution is -2.51. The third-order valence-corrected chi connectivity index (χ3v) is 7.30. The lowest BCUT2D eigenvalue weighted by Gasteiger charge is -2.36. The Kier molecular flexibility index (Phi) is 6.08. The molecule has 7 nitrogen and oxygen atoms in total. The average Bonchev–Trinajstić information content (AvgIpc) is 3.51. The molecule has 0 radical (unpaired) electrons. The number of para-hydroxylation sites is 3. The number of hydrogen-bond acceptors (Lipinski definition) is 4. The molecule has 8 heteroatoms. The molecule has 2 saturated heterocycles. The number of piperazine rings is 1. The minimum absolute atomic E-state index is 0.00213. The Morgan fingerprint density at radius 2 is 1.59 bits per heavy atom. The standard InChI is InChI=1S/C29H28FN5O2/c30-23-12-10-21(11-13-23)19-35-26-9-5-4-8-25(26)31-29(35)33-16-14-32(15-17-33)28(37)22-18-27(36)34(20-22)24-6-2-1-3-7-24/h1-13,22H,14-20H2. The zero-order valence-corrected chi connectivity index (χ0v) is 20.5. The van der Waals surface area contributed by atoms with Crippen molar-refractivity contribution in [2.24, 2.45) is 5.92 Å². The Morgan fingerprint density at radius 1 is 0.892 bits per heavy atom. The van der Waals surface area contributed by atoms with Gasteiger partial charge in [0.1, 0.15) is 5.82 Å². The first kappa shape index (κ1) is 23.2. The number of carbonyl (C=O) groups is 2. The Bertz CT molecular complexity index is 1430. The van der Waals surface area contributed by atoms with Crippen LogP contribution in [0.5, 0.6) is 0 Å². The first-order chi connectivity index (χ1) is 18.1. The van der Waals surface area contributed by atoms with Gasteiger partial charge in [0.05, 0.1) is 23.5 Å². The molecule has 0 saturated carbocycles. The zero-order chi connectivity index (χ0) is 25.4. The van der Waals surface area contributed by atoms with Crippen molar-refractivity contribution in [2.75, 3.05) is 42.5 Å². The van der Waals surface area contributed by atoms with Crippen LogP contribution in [0.1, 0.15) is 12.0 Å². The van der Waals surface area contributed by atoms with Gasteiger partial charge in [0.2, 0.25) is 17.8 Å². The first-order valence-corrected chi connectivity index (χ1v) is 12.7. The van der Waals surface area contributed by atoms with E-state index in [1.165, 1.54) is 12.1 Å². The summed E-state index contributed by atoms with van der Waals surface area (Å²) in [5, 5.41) is 0. The number of nitrogens with zero attached hydrogens (tertiary/aromatic N) is 5. The molecule has 2 aliphatic heterocycles. The summed E-state index contributed by atoms with van der Waals surface area (Å²) in [5.41, 5.74) is 3.76. The fourth-order valence-corrected chi connectivity index (χ4v) is 5.35. The molecule has 4 aromatic rings. The number of halogens is 1. The molecule has 3 aromatic carbocycles. The Balaban J connectivity index is 1.16. The molecule has 2 fully saturated rings. The molecular formula is C29H28FN5O2. The smallest absolute Gasteiger partial charge is 0.228 e. The van der Waals surface area contributed by atoms with Crippen molar-refractivity contribution in [3.8, 4) is 0 Å². The van der Waals surface area contributed by atoms with E-state index in [4.69, 9.17) is 4.98 Å². The number of fused-ring (bicyclic) bond motifs is 1. The minimum Gasteiger partial charge on any atom is -0.339 e. The third kappa shape index (κ3) is 4.55. The summed E-state index contributed by atoms with van der Waals surface area (Å²) >= 11 is 0. The number of anilines is 2. The van der Waals surface area contributed by atoms with E-state index in [0.717, 1.165) is 28.2 Å². The molecule has 0 spiro atoms. The summed E-state index contributed by atoms with van der Waals surface area (Å²) in [6, 6.07) is 24.1. The molecule has 188 valence electrons. The summed E-state index contributed by atoms with van der Waals surface area (Å²) < 4.78 is 15.6. The highest BCUT2D eigenvalue weighted by Gasteiger charge is 2.38. The van der Waals surface area contributed by atoms with Crippen molar-refractivity contribution < 1.29 is 14.0 Å². The summed E-state index contributed by atoms with van der Waals surface area (Å²) in [4.78, 5) is 36.7. The van der Waals surface area contributed by atoms with Gasteiger partial charge in [-0.2, -0.15) is 0 Å². The lowest BCUT2D eigenvalue weighted by atomic mass is 10.1. The van der Waals surface area contributed by atoms with E-state index < -0.39 is 0 Å². The molecule has 3 heterocycles. The van der Waals surface area contributed by atoms with Crippen LogP contribution in [-0.2, 0) is 16.1 Å². The van der Waals surface area contributed by atoms with E-state index >= 15 is 0 Å². The van der Waals surface area contributed by atoms with Gasteiger partial charge in [0.15, 0.2) is 0 Å². The summed E-state index contributed by atoms with van der Waals surface area (Å²) in [6.45, 7) is 3.47. The van der Waals surface area contributed by atoms with Gasteiger partial charge in [-0.3, -0.25) is 9.59 Å². The van der Waals surface area contributed by atoms with Crippen molar-refractivity contribution in [1.29, 1.82) is 0 Å². The van der Waals surface area contributed by atoms with E-state index in [1.807, 2.05) is 59.5 Å². The van der Waals surface area contributed by atoms with Crippen molar-refractivity contribution in [3.05, 3.63) is 90.2 Å². The number of carbonyl (C=O) groups excluding carboxylic acids is 2. The van der Waals surface area contributed by atoms with Crippen molar-refractivity contribution in [1.82, 2.24) is 14.5 Å². The van der Waals surface area contributed by atoms with Crippen LogP contribution >= 0.6 is 0 Å². The van der Waals surface area contributed by atoms with E-state index in [2.05, 4.69) is 9.47 Å². The van der Waals surface area contributed by atoms with Gasteiger partial charge < -0.3 is 19.3 Å². The lowest BCUT2D eigenvalue weighted by molar-refractivity contribution is -0.136. The number of rotatable bonds is 5. The van der Waals surface area contributed by atoms with Crippen LogP contribution in [0.15, 0.2) is 78.9 Å². The highest BCUT2D eigenvalue weighted by molar-refractivity contribution is 6.00. The molecule has 2 aliphatic rings. The number of imidazole rings is 1. The summed E-state index contributed by atoms with van der Waals surface area (Å²) in [6.07, 6.45) is 0.251. The molecule has 37 heavy (non-hydrogen) atoms. The highest BCUT2D eigenvalue weighted by Crippen LogP contribution is 2.28. The van der Waals surface area contributed by atoms with Gasteiger partial charge in [-0.05, 0) is 42.0 Å². The van der Waals surface area contributed by atoms with E-state index in [-0.39, 0.29) is 30.0 Å². The topological polar surface area (TPSA) is 61.7 Å². The van der Waals surface area contributed by atoms with Crippen LogP contribution in [0.2, 0.25) is 0 Å². The average molecular weight is 498 g/mol. The summed E-state index contributed by atoms with van der Waals surface area (Å²) in [7, 11) is 0. The van der Waals surface area contributed by atoms with Crippen LogP contribution in [-0.4, -0.2) is 59.0 Å². The van der Waals surface area contributed by atoms with Crippen LogP contribution in [0, 0.1) is 11.7 Å². The molecule has 6 rings (SSSR count). The Hall–Kier alpha value is -4.20. The van der Waals surface area contributed by atoms with Crippen LogP contribution in [0.25, 0.3) is 11.0 Å². The second kappa shape index (κ2) is 9.69. The molecule has 0 N–H and O–H groups in total. The first-order valence-electron chi connectivity index (χ1n) is 12.7. The van der Waals surface area contributed by atoms with Gasteiger partial charge >= 0.3 is 0 Å². The molecule has 1 unspecified atom stereocenters. The third-order valence-electron chi connectivity index (χ3n) is 7.30. The second-order valence-electron chi connectivity index (χ2n) is 9.67. The SMILES string of the molecule is O=C(C1CC(=O)N(c2ccccc2)C1)N1CCN(c2nc3ccccc3n2Cc2ccc(F)cc2)CC1. The minimum atomic E-state index is -0.317. The maximum absolute atomic E-state index is 13.5. The van der Waals surface area contributed by atoms with Crippen molar-refractivity contribution in [3.63, 3.8) is 0 Å². The monoisotopic (exact) mass is 497 g/mol. The zero-order valence-electron chi connectivity index (χ0n) is 20.5. The van der Waals surface area contributed by atoms with Gasteiger partial charge in [0, 0.05) is 44.8 Å². The predicted octanol–water partition coefficient (Wildman–Crippen LogP) is 3.93. The Morgan fingerprint density at radius 3 is 2.35 bits per heavy atom. The van der Waals surface area contributed by atoms with E-state index in [9.17, 15) is 14.0 Å². The van der Waals surface area contributed by atoms with Gasteiger partial charge in [-0.1, -0.05) is 42.5 Å². The number of amides is 2. The van der Waals surface area contributed by atoms with Gasteiger partial charge in [-0.25, -0.2) is 9.37 Å². The molecule has 0 bridgehead atoms. The quantitative estimate of drug-likeness (QED) is 0.419. The fraction of sp³-hybridized carbons (Fsp3) is 0.276. The maximum Gasteiger partial charge on any atom is 0.228 e. The van der Waals surface area contributed by atoms with Crippen molar-refractivity contribution in [2.45, 2.75) is 13.0 Å². The Labute approximate surface area is 214 Å². The second-order valence-corrected chi connectivity index (χ2v) is 9.67. The molecular weight excluding hydrogens is 469 g/mol. The van der Waals surface area contributed by atoms with Gasteiger partial charge in [-0.15, -0.1) is 0 Å². The predicted molar refractivity (Wildman–Crippen MR) is 141 cm³/mol. The van der Waals surface area contributed by atoms with E-state index in [1.54, 1.807) is 17.0 Å². The number of benzene rings is 3. The number of hydrogen-bond donors (Lipinski definition) is 0. The molecule has 0 aliphatic carbocycles. The van der Waals surface area contributed by atoms with Crippen LogP contribution in [0.4, 0.5) is 16.0 Å². The molecule has 1 aromatic heterocycles. The van der Waals surface area contributed by atoms with Gasteiger partial charge in [0.25, 0.3) is 0 Å². The molecule has 2 amide bonds. The fourth-order valence-electron chi connectivity index (χ4n) is 5.35. The number of aromatic nitrogens is 2. The van der Waals surface area contributed by atoms with Crippen LogP contribution < -0.4 is 9.80 Å². The molecule has 1 atom stereocenters. The maximum atomic E-state index is 13.5. The highest BCUT2D eigenvalue weighted by atomic mass is 19.1. The van der Waals surface area contributed by atoms with E-state index in [0.29, 0.717) is 39.3 Å². The largest absolute Gasteiger partial charge is 0.339 e. The normalized spacial score (nSPS) is 18.1. The van der Waals surface area contributed by atoms with Crippen LogP contribution in [0.3, 0.4) is 0 Å². The van der Waals surface area contributed by atoms with Crippen molar-refractivity contribution >= 4 is 34.5 Å².